The maximum atomic E-state index is 6.20. The van der Waals surface area contributed by atoms with Gasteiger partial charge in [0.2, 0.25) is 0 Å². The van der Waals surface area contributed by atoms with E-state index < -0.39 is 0 Å². The molecule has 0 atom stereocenters. The number of pyridine rings is 1. The lowest BCUT2D eigenvalue weighted by molar-refractivity contribution is 0.971. The zero-order valence-corrected chi connectivity index (χ0v) is 15.6. The number of aromatic nitrogens is 3. The molecule has 5 aromatic rings. The van der Waals surface area contributed by atoms with E-state index >= 15 is 0 Å². The van der Waals surface area contributed by atoms with Gasteiger partial charge in [-0.25, -0.2) is 9.50 Å². The van der Waals surface area contributed by atoms with Gasteiger partial charge in [-0.3, -0.25) is 0 Å². The van der Waals surface area contributed by atoms with E-state index in [0.29, 0.717) is 15.9 Å². The molecular formula is C22H13Cl2N3. The molecule has 0 aliphatic heterocycles. The van der Waals surface area contributed by atoms with Crippen LogP contribution in [0, 0.1) is 0 Å². The lowest BCUT2D eigenvalue weighted by atomic mass is 10.0. The smallest absolute Gasteiger partial charge is 0.182 e. The van der Waals surface area contributed by atoms with Crippen LogP contribution in [0.1, 0.15) is 0 Å². The van der Waals surface area contributed by atoms with E-state index in [9.17, 15) is 0 Å². The van der Waals surface area contributed by atoms with Gasteiger partial charge in [0.1, 0.15) is 0 Å². The zero-order chi connectivity index (χ0) is 18.4. The Balaban J connectivity index is 1.61. The van der Waals surface area contributed by atoms with Crippen LogP contribution in [-0.2, 0) is 0 Å². The molecule has 0 aliphatic rings. The van der Waals surface area contributed by atoms with Crippen LogP contribution in [0.5, 0.6) is 0 Å². The van der Waals surface area contributed by atoms with Gasteiger partial charge in [-0.2, -0.15) is 0 Å². The molecule has 0 amide bonds. The summed E-state index contributed by atoms with van der Waals surface area (Å²) in [6, 6.07) is 24.2. The highest BCUT2D eigenvalue weighted by atomic mass is 35.5. The summed E-state index contributed by atoms with van der Waals surface area (Å²) >= 11 is 12.3. The molecule has 0 fully saturated rings. The molecule has 0 bridgehead atoms. The van der Waals surface area contributed by atoms with Gasteiger partial charge in [0.25, 0.3) is 0 Å². The van der Waals surface area contributed by atoms with Crippen molar-refractivity contribution in [3.63, 3.8) is 0 Å². The Kier molecular flexibility index (Phi) is 3.85. The third-order valence-electron chi connectivity index (χ3n) is 4.61. The van der Waals surface area contributed by atoms with E-state index in [4.69, 9.17) is 28.2 Å². The predicted octanol–water partition coefficient (Wildman–Crippen LogP) is 6.52. The average molecular weight is 390 g/mol. The van der Waals surface area contributed by atoms with Gasteiger partial charge in [-0.05, 0) is 34.7 Å². The number of fused-ring (bicyclic) bond motifs is 3. The third-order valence-corrected chi connectivity index (χ3v) is 5.33. The van der Waals surface area contributed by atoms with E-state index in [0.717, 1.165) is 27.5 Å². The number of nitrogens with zero attached hydrogens (tertiary/aromatic N) is 3. The second-order valence-electron chi connectivity index (χ2n) is 6.32. The molecule has 2 heterocycles. The van der Waals surface area contributed by atoms with Crippen molar-refractivity contribution < 1.29 is 0 Å². The molecule has 3 aromatic carbocycles. The van der Waals surface area contributed by atoms with Gasteiger partial charge < -0.3 is 0 Å². The van der Waals surface area contributed by atoms with Crippen molar-refractivity contribution in [3.05, 3.63) is 89.0 Å². The van der Waals surface area contributed by atoms with Crippen LogP contribution in [-0.4, -0.2) is 14.6 Å². The SMILES string of the molecule is Clc1cc2ccn3nc(-c4ccc(-c5ccccc5)cc4)nc3c2cc1Cl. The Morgan fingerprint density at radius 2 is 1.37 bits per heavy atom. The molecular weight excluding hydrogens is 377 g/mol. The van der Waals surface area contributed by atoms with E-state index in [1.165, 1.54) is 5.56 Å². The minimum atomic E-state index is 0.508. The lowest BCUT2D eigenvalue weighted by Gasteiger charge is -2.02. The summed E-state index contributed by atoms with van der Waals surface area (Å²) in [5, 5.41) is 7.56. The number of rotatable bonds is 2. The Morgan fingerprint density at radius 3 is 2.15 bits per heavy atom. The van der Waals surface area contributed by atoms with E-state index in [1.807, 2.05) is 54.7 Å². The fourth-order valence-corrected chi connectivity index (χ4v) is 3.56. The van der Waals surface area contributed by atoms with Gasteiger partial charge in [0, 0.05) is 17.1 Å². The molecule has 5 rings (SSSR count). The van der Waals surface area contributed by atoms with E-state index in [-0.39, 0.29) is 0 Å². The molecule has 3 nitrogen and oxygen atoms in total. The topological polar surface area (TPSA) is 30.2 Å². The van der Waals surface area contributed by atoms with Crippen molar-refractivity contribution in [2.75, 3.05) is 0 Å². The molecule has 0 saturated heterocycles. The highest BCUT2D eigenvalue weighted by Gasteiger charge is 2.11. The third kappa shape index (κ3) is 2.85. The maximum Gasteiger partial charge on any atom is 0.182 e. The molecule has 0 saturated carbocycles. The molecule has 2 aromatic heterocycles. The number of benzene rings is 3. The Bertz CT molecular complexity index is 1280. The standard InChI is InChI=1S/C22H13Cl2N3/c23-19-12-17-10-11-27-22(18(17)13-20(19)24)25-21(26-27)16-8-6-15(7-9-16)14-4-2-1-3-5-14/h1-13H. The van der Waals surface area contributed by atoms with Gasteiger partial charge in [0.05, 0.1) is 10.0 Å². The Hall–Kier alpha value is -2.88. The molecule has 0 unspecified atom stereocenters. The molecule has 27 heavy (non-hydrogen) atoms. The van der Waals surface area contributed by atoms with Crippen molar-refractivity contribution in [1.82, 2.24) is 14.6 Å². The quantitative estimate of drug-likeness (QED) is 0.343. The first-order valence-electron chi connectivity index (χ1n) is 8.49. The summed E-state index contributed by atoms with van der Waals surface area (Å²) in [7, 11) is 0. The predicted molar refractivity (Wildman–Crippen MR) is 111 cm³/mol. The average Bonchev–Trinajstić information content (AvgIpc) is 3.15. The van der Waals surface area contributed by atoms with Crippen LogP contribution in [0.15, 0.2) is 79.0 Å². The molecule has 5 heteroatoms. The molecule has 0 N–H and O–H groups in total. The molecule has 130 valence electrons. The van der Waals surface area contributed by atoms with Crippen LogP contribution < -0.4 is 0 Å². The second-order valence-corrected chi connectivity index (χ2v) is 7.13. The van der Waals surface area contributed by atoms with Crippen LogP contribution in [0.2, 0.25) is 10.0 Å². The largest absolute Gasteiger partial charge is 0.220 e. The van der Waals surface area contributed by atoms with Crippen LogP contribution in [0.4, 0.5) is 0 Å². The maximum absolute atomic E-state index is 6.20. The second kappa shape index (κ2) is 6.38. The first-order valence-corrected chi connectivity index (χ1v) is 9.25. The van der Waals surface area contributed by atoms with Crippen LogP contribution >= 0.6 is 23.2 Å². The van der Waals surface area contributed by atoms with Crippen molar-refractivity contribution in [1.29, 1.82) is 0 Å². The van der Waals surface area contributed by atoms with E-state index in [1.54, 1.807) is 4.52 Å². The number of hydrogen-bond donors (Lipinski definition) is 0. The lowest BCUT2D eigenvalue weighted by Crippen LogP contribution is -1.88. The van der Waals surface area contributed by atoms with Gasteiger partial charge in [0.15, 0.2) is 11.5 Å². The van der Waals surface area contributed by atoms with E-state index in [2.05, 4.69) is 29.4 Å². The van der Waals surface area contributed by atoms with Gasteiger partial charge in [-0.15, -0.1) is 5.10 Å². The van der Waals surface area contributed by atoms with Crippen molar-refractivity contribution in [2.45, 2.75) is 0 Å². The molecule has 0 radical (unpaired) electrons. The first kappa shape index (κ1) is 16.3. The summed E-state index contributed by atoms with van der Waals surface area (Å²) in [6.45, 7) is 0. The summed E-state index contributed by atoms with van der Waals surface area (Å²) in [5.41, 5.74) is 4.07. The van der Waals surface area contributed by atoms with Gasteiger partial charge >= 0.3 is 0 Å². The Morgan fingerprint density at radius 1 is 0.704 bits per heavy atom. The monoisotopic (exact) mass is 389 g/mol. The Labute approximate surface area is 165 Å². The summed E-state index contributed by atoms with van der Waals surface area (Å²) < 4.78 is 1.77. The normalized spacial score (nSPS) is 11.3. The van der Waals surface area contributed by atoms with Crippen LogP contribution in [0.3, 0.4) is 0 Å². The highest BCUT2D eigenvalue weighted by molar-refractivity contribution is 6.43. The molecule has 0 aliphatic carbocycles. The number of halogens is 2. The van der Waals surface area contributed by atoms with Crippen LogP contribution in [0.25, 0.3) is 38.9 Å². The van der Waals surface area contributed by atoms with Gasteiger partial charge in [-0.1, -0.05) is 77.8 Å². The first-order chi connectivity index (χ1) is 13.2. The number of hydrogen-bond acceptors (Lipinski definition) is 2. The fraction of sp³-hybridized carbons (Fsp3) is 0. The zero-order valence-electron chi connectivity index (χ0n) is 14.1. The summed E-state index contributed by atoms with van der Waals surface area (Å²) in [5.74, 6) is 0.674. The van der Waals surface area contributed by atoms with Crippen molar-refractivity contribution >= 4 is 39.6 Å². The minimum absolute atomic E-state index is 0.508. The summed E-state index contributed by atoms with van der Waals surface area (Å²) in [4.78, 5) is 4.73. The van der Waals surface area contributed by atoms with Crippen molar-refractivity contribution in [2.24, 2.45) is 0 Å². The fourth-order valence-electron chi connectivity index (χ4n) is 3.22. The van der Waals surface area contributed by atoms with Crippen molar-refractivity contribution in [3.8, 4) is 22.5 Å². The minimum Gasteiger partial charge on any atom is -0.220 e. The molecule has 0 spiro atoms. The highest BCUT2D eigenvalue weighted by Crippen LogP contribution is 2.30. The summed E-state index contributed by atoms with van der Waals surface area (Å²) in [6.07, 6.45) is 1.89.